The number of benzene rings is 1. The van der Waals surface area contributed by atoms with E-state index in [4.69, 9.17) is 0 Å². The number of nitrogens with zero attached hydrogens (tertiary/aromatic N) is 2. The van der Waals surface area contributed by atoms with E-state index < -0.39 is 0 Å². The first-order valence-electron chi connectivity index (χ1n) is 10.4. The van der Waals surface area contributed by atoms with Crippen LogP contribution in [0, 0.1) is 17.2 Å². The van der Waals surface area contributed by atoms with Crippen molar-refractivity contribution in [3.63, 3.8) is 0 Å². The van der Waals surface area contributed by atoms with Crippen molar-refractivity contribution in [1.82, 2.24) is 9.80 Å². The van der Waals surface area contributed by atoms with Gasteiger partial charge in [0.15, 0.2) is 0 Å². The molecular weight excluding hydrogens is 327 g/mol. The van der Waals surface area contributed by atoms with Gasteiger partial charge in [-0.05, 0) is 67.1 Å². The summed E-state index contributed by atoms with van der Waals surface area (Å²) in [5.41, 5.74) is 2.72. The summed E-state index contributed by atoms with van der Waals surface area (Å²) in [6.45, 7) is 4.71. The van der Waals surface area contributed by atoms with Crippen LogP contribution in [-0.4, -0.2) is 41.4 Å². The van der Waals surface area contributed by atoms with Crippen LogP contribution in [-0.2, 0) is 11.2 Å². The van der Waals surface area contributed by atoms with Crippen molar-refractivity contribution < 1.29 is 9.18 Å². The first-order chi connectivity index (χ1) is 12.6. The molecule has 1 spiro atoms. The minimum absolute atomic E-state index is 0.0183. The van der Waals surface area contributed by atoms with Gasteiger partial charge in [-0.1, -0.05) is 18.6 Å². The molecule has 1 saturated carbocycles. The van der Waals surface area contributed by atoms with Gasteiger partial charge in [-0.25, -0.2) is 4.39 Å². The largest absolute Gasteiger partial charge is 0.343 e. The van der Waals surface area contributed by atoms with Gasteiger partial charge < -0.3 is 4.90 Å². The predicted octanol–water partition coefficient (Wildman–Crippen LogP) is 3.93. The molecule has 2 heterocycles. The summed E-state index contributed by atoms with van der Waals surface area (Å²) >= 11 is 0. The first kappa shape index (κ1) is 16.7. The Kier molecular flexibility index (Phi) is 3.89. The number of hydrogen-bond acceptors (Lipinski definition) is 2. The molecule has 1 amide bonds. The molecule has 2 aliphatic heterocycles. The second kappa shape index (κ2) is 6.05. The average Bonchev–Trinajstić information content (AvgIpc) is 2.99. The zero-order valence-electron chi connectivity index (χ0n) is 15.7. The van der Waals surface area contributed by atoms with Crippen LogP contribution >= 0.6 is 0 Å². The van der Waals surface area contributed by atoms with Crippen LogP contribution < -0.4 is 0 Å². The molecule has 26 heavy (non-hydrogen) atoms. The summed E-state index contributed by atoms with van der Waals surface area (Å²) in [5.74, 6) is 0.889. The quantitative estimate of drug-likeness (QED) is 0.802. The minimum Gasteiger partial charge on any atom is -0.343 e. The zero-order valence-corrected chi connectivity index (χ0v) is 15.7. The van der Waals surface area contributed by atoms with Crippen LogP contribution in [0.15, 0.2) is 18.2 Å². The van der Waals surface area contributed by atoms with Crippen LogP contribution in [0.4, 0.5) is 4.39 Å². The monoisotopic (exact) mass is 356 g/mol. The van der Waals surface area contributed by atoms with Gasteiger partial charge >= 0.3 is 0 Å². The van der Waals surface area contributed by atoms with Crippen LogP contribution in [0.5, 0.6) is 0 Å². The molecule has 0 radical (unpaired) electrons. The van der Waals surface area contributed by atoms with Crippen molar-refractivity contribution in [2.75, 3.05) is 19.6 Å². The lowest BCUT2D eigenvalue weighted by Gasteiger charge is -2.67. The summed E-state index contributed by atoms with van der Waals surface area (Å²) in [4.78, 5) is 16.4. The fourth-order valence-electron chi connectivity index (χ4n) is 6.42. The van der Waals surface area contributed by atoms with E-state index in [-0.39, 0.29) is 11.7 Å². The van der Waals surface area contributed by atoms with Gasteiger partial charge in [0.2, 0.25) is 5.91 Å². The molecule has 1 aromatic rings. The molecule has 3 nitrogen and oxygen atoms in total. The molecule has 1 aromatic carbocycles. The van der Waals surface area contributed by atoms with Crippen molar-refractivity contribution >= 4 is 5.91 Å². The highest BCUT2D eigenvalue weighted by Gasteiger charge is 2.60. The summed E-state index contributed by atoms with van der Waals surface area (Å²) in [7, 11) is 0. The molecule has 0 aromatic heterocycles. The van der Waals surface area contributed by atoms with E-state index in [1.165, 1.54) is 31.4 Å². The predicted molar refractivity (Wildman–Crippen MR) is 99.2 cm³/mol. The lowest BCUT2D eigenvalue weighted by Crippen LogP contribution is -2.70. The number of carbonyl (C=O) groups excluding carboxylic acids is 1. The summed E-state index contributed by atoms with van der Waals surface area (Å²) < 4.78 is 14.2. The third-order valence-corrected chi connectivity index (χ3v) is 7.85. The SMILES string of the molecule is CC(=O)N1CCC(C2N(C3CCc4c(F)cccc43)CC23CCC3)CC1. The fourth-order valence-corrected chi connectivity index (χ4v) is 6.42. The molecule has 2 atom stereocenters. The van der Waals surface area contributed by atoms with Gasteiger partial charge in [0.05, 0.1) is 0 Å². The van der Waals surface area contributed by atoms with Gasteiger partial charge in [0.25, 0.3) is 0 Å². The maximum absolute atomic E-state index is 14.2. The Morgan fingerprint density at radius 2 is 1.96 bits per heavy atom. The number of likely N-dealkylation sites (tertiary alicyclic amines) is 2. The van der Waals surface area contributed by atoms with Gasteiger partial charge in [-0.2, -0.15) is 0 Å². The molecule has 0 N–H and O–H groups in total. The average molecular weight is 356 g/mol. The van der Waals surface area contributed by atoms with Gasteiger partial charge in [0, 0.05) is 38.6 Å². The molecule has 140 valence electrons. The molecule has 2 saturated heterocycles. The Balaban J connectivity index is 1.37. The summed E-state index contributed by atoms with van der Waals surface area (Å²) in [6.07, 6.45) is 8.30. The topological polar surface area (TPSA) is 23.6 Å². The van der Waals surface area contributed by atoms with Crippen molar-refractivity contribution in [1.29, 1.82) is 0 Å². The zero-order chi connectivity index (χ0) is 17.9. The second-order valence-corrected chi connectivity index (χ2v) is 9.04. The van der Waals surface area contributed by atoms with E-state index in [0.717, 1.165) is 44.3 Å². The highest BCUT2D eigenvalue weighted by Crippen LogP contribution is 2.60. The minimum atomic E-state index is -0.0183. The van der Waals surface area contributed by atoms with Crippen molar-refractivity contribution in [3.05, 3.63) is 35.1 Å². The summed E-state index contributed by atoms with van der Waals surface area (Å²) in [6, 6.07) is 6.69. The normalized spacial score (nSPS) is 30.8. The van der Waals surface area contributed by atoms with Crippen LogP contribution in [0.1, 0.15) is 62.6 Å². The highest BCUT2D eigenvalue weighted by molar-refractivity contribution is 5.73. The third-order valence-electron chi connectivity index (χ3n) is 7.85. The maximum Gasteiger partial charge on any atom is 0.219 e. The smallest absolute Gasteiger partial charge is 0.219 e. The molecule has 4 aliphatic rings. The molecule has 3 fully saturated rings. The van der Waals surface area contributed by atoms with Crippen molar-refractivity contribution in [2.45, 2.75) is 64.0 Å². The molecule has 5 rings (SSSR count). The van der Waals surface area contributed by atoms with E-state index in [1.807, 2.05) is 11.0 Å². The van der Waals surface area contributed by atoms with Crippen LogP contribution in [0.3, 0.4) is 0 Å². The van der Waals surface area contributed by atoms with Gasteiger partial charge in [-0.15, -0.1) is 0 Å². The standard InChI is InChI=1S/C22H29FN2O/c1-15(26)24-12-8-16(9-13-24)21-22(10-3-11-22)14-25(21)20-7-6-17-18(20)4-2-5-19(17)23/h2,4-5,16,20-21H,3,6-14H2,1H3. The Morgan fingerprint density at radius 1 is 1.19 bits per heavy atom. The first-order valence-corrected chi connectivity index (χ1v) is 10.4. The van der Waals surface area contributed by atoms with Gasteiger partial charge in [0.1, 0.15) is 5.82 Å². The molecule has 4 heteroatoms. The van der Waals surface area contributed by atoms with E-state index in [9.17, 15) is 9.18 Å². The Morgan fingerprint density at radius 3 is 2.62 bits per heavy atom. The van der Waals surface area contributed by atoms with E-state index >= 15 is 0 Å². The van der Waals surface area contributed by atoms with Crippen LogP contribution in [0.25, 0.3) is 0 Å². The van der Waals surface area contributed by atoms with E-state index in [0.29, 0.717) is 23.4 Å². The lowest BCUT2D eigenvalue weighted by atomic mass is 9.53. The Hall–Kier alpha value is -1.42. The number of halogens is 1. The Labute approximate surface area is 155 Å². The molecule has 2 aliphatic carbocycles. The van der Waals surface area contributed by atoms with E-state index in [2.05, 4.69) is 11.0 Å². The van der Waals surface area contributed by atoms with E-state index in [1.54, 1.807) is 13.0 Å². The number of hydrogen-bond donors (Lipinski definition) is 0. The van der Waals surface area contributed by atoms with Crippen LogP contribution in [0.2, 0.25) is 0 Å². The number of amides is 1. The number of rotatable bonds is 2. The Bertz CT molecular complexity index is 721. The molecule has 2 unspecified atom stereocenters. The summed E-state index contributed by atoms with van der Waals surface area (Å²) in [5, 5.41) is 0. The number of piperidine rings is 1. The van der Waals surface area contributed by atoms with Crippen molar-refractivity contribution in [2.24, 2.45) is 11.3 Å². The van der Waals surface area contributed by atoms with Gasteiger partial charge in [-0.3, -0.25) is 9.69 Å². The lowest BCUT2D eigenvalue weighted by molar-refractivity contribution is -0.177. The molecular formula is C22H29FN2O. The van der Waals surface area contributed by atoms with Crippen molar-refractivity contribution in [3.8, 4) is 0 Å². The number of carbonyl (C=O) groups is 1. The fraction of sp³-hybridized carbons (Fsp3) is 0.682. The molecule has 0 bridgehead atoms. The maximum atomic E-state index is 14.2. The third kappa shape index (κ3) is 2.37. The number of fused-ring (bicyclic) bond motifs is 1. The highest BCUT2D eigenvalue weighted by atomic mass is 19.1. The second-order valence-electron chi connectivity index (χ2n) is 9.04.